The van der Waals surface area contributed by atoms with Gasteiger partial charge in [0.15, 0.2) is 0 Å². The van der Waals surface area contributed by atoms with Crippen molar-refractivity contribution >= 4 is 12.4 Å². The summed E-state index contributed by atoms with van der Waals surface area (Å²) in [7, 11) is 0. The average Bonchev–Trinajstić information content (AvgIpc) is 3.10. The third kappa shape index (κ3) is 5.62. The second-order valence-corrected chi connectivity index (χ2v) is 5.92. The van der Waals surface area contributed by atoms with Crippen LogP contribution in [0.3, 0.4) is 0 Å². The SMILES string of the molecule is CCCCC1=C(C(O)C2=C(CCCC)C=CC2)CC=C1.Cl.[Zr]. The summed E-state index contributed by atoms with van der Waals surface area (Å²) in [4.78, 5) is 0. The van der Waals surface area contributed by atoms with Gasteiger partial charge in [0.1, 0.15) is 0 Å². The molecule has 0 fully saturated rings. The van der Waals surface area contributed by atoms with Gasteiger partial charge in [-0.1, -0.05) is 51.0 Å². The third-order valence-corrected chi connectivity index (χ3v) is 4.40. The molecule has 0 aliphatic heterocycles. The van der Waals surface area contributed by atoms with Crippen LogP contribution in [0.1, 0.15) is 65.2 Å². The number of allylic oxidation sites excluding steroid dienone is 6. The van der Waals surface area contributed by atoms with Crippen molar-refractivity contribution in [2.75, 3.05) is 0 Å². The van der Waals surface area contributed by atoms with E-state index in [9.17, 15) is 5.11 Å². The topological polar surface area (TPSA) is 20.2 Å². The van der Waals surface area contributed by atoms with E-state index in [4.69, 9.17) is 0 Å². The molecular weight excluding hydrogens is 371 g/mol. The fraction of sp³-hybridized carbons (Fsp3) is 0.579. The Kier molecular flexibility index (Phi) is 11.7. The smallest absolute Gasteiger partial charge is 0.0978 e. The van der Waals surface area contributed by atoms with Crippen molar-refractivity contribution in [3.05, 3.63) is 46.6 Å². The zero-order valence-corrected chi connectivity index (χ0v) is 17.2. The van der Waals surface area contributed by atoms with Gasteiger partial charge < -0.3 is 5.11 Å². The summed E-state index contributed by atoms with van der Waals surface area (Å²) in [6.45, 7) is 4.45. The Bertz CT molecular complexity index is 418. The fourth-order valence-corrected chi connectivity index (χ4v) is 3.14. The summed E-state index contributed by atoms with van der Waals surface area (Å²) in [6.07, 6.45) is 17.5. The molecule has 1 nitrogen and oxygen atoms in total. The number of unbranched alkanes of at least 4 members (excludes halogenated alkanes) is 2. The quantitative estimate of drug-likeness (QED) is 0.558. The van der Waals surface area contributed by atoms with Gasteiger partial charge in [-0.05, 0) is 60.8 Å². The van der Waals surface area contributed by atoms with Crippen molar-refractivity contribution < 1.29 is 31.3 Å². The zero-order chi connectivity index (χ0) is 14.4. The molecular formula is C19H29ClOZr. The van der Waals surface area contributed by atoms with Crippen LogP contribution in [-0.2, 0) is 26.2 Å². The summed E-state index contributed by atoms with van der Waals surface area (Å²) >= 11 is 0. The molecule has 0 bridgehead atoms. The molecule has 122 valence electrons. The van der Waals surface area contributed by atoms with E-state index in [2.05, 4.69) is 38.2 Å². The van der Waals surface area contributed by atoms with E-state index in [-0.39, 0.29) is 44.7 Å². The first kappa shape index (κ1) is 22.1. The first-order valence-corrected chi connectivity index (χ1v) is 8.22. The zero-order valence-electron chi connectivity index (χ0n) is 13.9. The van der Waals surface area contributed by atoms with Crippen molar-refractivity contribution in [1.29, 1.82) is 0 Å². The van der Waals surface area contributed by atoms with E-state index < -0.39 is 0 Å². The standard InChI is InChI=1S/C19H28O.ClH.Zr/c1-3-5-9-15-11-7-13-17(15)19(20)18-14-8-12-16(18)10-6-4-2;;/h7-8,11-12,19-20H,3-6,9-10,13-14H2,1-2H3;1H;. The van der Waals surface area contributed by atoms with Crippen LogP contribution in [0.15, 0.2) is 46.6 Å². The second kappa shape index (κ2) is 11.6. The Morgan fingerprint density at radius 1 is 0.909 bits per heavy atom. The van der Waals surface area contributed by atoms with Crippen molar-refractivity contribution in [1.82, 2.24) is 0 Å². The Morgan fingerprint density at radius 3 is 1.68 bits per heavy atom. The van der Waals surface area contributed by atoms with Gasteiger partial charge in [-0.15, -0.1) is 12.4 Å². The predicted octanol–water partition coefficient (Wildman–Crippen LogP) is 5.66. The summed E-state index contributed by atoms with van der Waals surface area (Å²) in [5.74, 6) is 0. The van der Waals surface area contributed by atoms with Gasteiger partial charge in [0.2, 0.25) is 0 Å². The summed E-state index contributed by atoms with van der Waals surface area (Å²) in [5, 5.41) is 10.8. The van der Waals surface area contributed by atoms with Gasteiger partial charge in [0, 0.05) is 26.2 Å². The van der Waals surface area contributed by atoms with Gasteiger partial charge in [-0.2, -0.15) is 0 Å². The molecule has 0 aromatic heterocycles. The minimum absolute atomic E-state index is 0. The van der Waals surface area contributed by atoms with Gasteiger partial charge in [0.25, 0.3) is 0 Å². The molecule has 0 amide bonds. The van der Waals surface area contributed by atoms with Crippen LogP contribution in [0.25, 0.3) is 0 Å². The number of hydrogen-bond acceptors (Lipinski definition) is 1. The van der Waals surface area contributed by atoms with Crippen LogP contribution in [0, 0.1) is 0 Å². The molecule has 2 aliphatic carbocycles. The second-order valence-electron chi connectivity index (χ2n) is 5.92. The maximum absolute atomic E-state index is 10.8. The monoisotopic (exact) mass is 398 g/mol. The summed E-state index contributed by atoms with van der Waals surface area (Å²) < 4.78 is 0. The maximum Gasteiger partial charge on any atom is 0.0978 e. The Morgan fingerprint density at radius 2 is 1.32 bits per heavy atom. The first-order chi connectivity index (χ1) is 9.77. The van der Waals surface area contributed by atoms with Crippen LogP contribution >= 0.6 is 12.4 Å². The molecule has 2 rings (SSSR count). The van der Waals surface area contributed by atoms with Crippen molar-refractivity contribution in [2.24, 2.45) is 0 Å². The van der Waals surface area contributed by atoms with E-state index in [1.807, 2.05) is 0 Å². The number of hydrogen-bond donors (Lipinski definition) is 1. The molecule has 0 atom stereocenters. The molecule has 0 saturated carbocycles. The largest absolute Gasteiger partial charge is 0.384 e. The van der Waals surface area contributed by atoms with Gasteiger partial charge in [-0.3, -0.25) is 0 Å². The molecule has 3 heteroatoms. The van der Waals surface area contributed by atoms with Gasteiger partial charge in [0.05, 0.1) is 6.10 Å². The van der Waals surface area contributed by atoms with Crippen molar-refractivity contribution in [3.8, 4) is 0 Å². The number of halogens is 1. The molecule has 0 aromatic rings. The number of rotatable bonds is 8. The first-order valence-electron chi connectivity index (χ1n) is 8.22. The molecule has 0 radical (unpaired) electrons. The van der Waals surface area contributed by atoms with E-state index in [0.717, 1.165) is 25.7 Å². The molecule has 0 aromatic carbocycles. The van der Waals surface area contributed by atoms with Crippen molar-refractivity contribution in [2.45, 2.75) is 71.3 Å². The Balaban J connectivity index is 0.00000220. The van der Waals surface area contributed by atoms with Crippen LogP contribution in [0.2, 0.25) is 0 Å². The molecule has 0 saturated heterocycles. The fourth-order valence-electron chi connectivity index (χ4n) is 3.14. The van der Waals surface area contributed by atoms with E-state index in [1.165, 1.54) is 48.0 Å². The normalized spacial score (nSPS) is 16.5. The number of aliphatic hydroxyl groups is 1. The van der Waals surface area contributed by atoms with E-state index in [0.29, 0.717) is 0 Å². The Labute approximate surface area is 161 Å². The van der Waals surface area contributed by atoms with Crippen LogP contribution in [-0.4, -0.2) is 11.2 Å². The van der Waals surface area contributed by atoms with Crippen LogP contribution in [0.5, 0.6) is 0 Å². The average molecular weight is 400 g/mol. The third-order valence-electron chi connectivity index (χ3n) is 4.40. The predicted molar refractivity (Wildman–Crippen MR) is 93.9 cm³/mol. The van der Waals surface area contributed by atoms with Crippen molar-refractivity contribution in [3.63, 3.8) is 0 Å². The molecule has 2 aliphatic rings. The molecule has 1 N–H and O–H groups in total. The van der Waals surface area contributed by atoms with E-state index in [1.54, 1.807) is 0 Å². The molecule has 0 spiro atoms. The van der Waals surface area contributed by atoms with Crippen LogP contribution in [0.4, 0.5) is 0 Å². The maximum atomic E-state index is 10.8. The van der Waals surface area contributed by atoms with Gasteiger partial charge >= 0.3 is 0 Å². The minimum Gasteiger partial charge on any atom is -0.384 e. The van der Waals surface area contributed by atoms with E-state index >= 15 is 0 Å². The molecule has 0 unspecified atom stereocenters. The molecule has 22 heavy (non-hydrogen) atoms. The Hall–Kier alpha value is 0.0931. The molecule has 0 heterocycles. The number of aliphatic hydroxyl groups excluding tert-OH is 1. The summed E-state index contributed by atoms with van der Waals surface area (Å²) in [6, 6.07) is 0. The van der Waals surface area contributed by atoms with Gasteiger partial charge in [-0.25, -0.2) is 0 Å². The van der Waals surface area contributed by atoms with Crippen LogP contribution < -0.4 is 0 Å². The summed E-state index contributed by atoms with van der Waals surface area (Å²) in [5.41, 5.74) is 5.28. The minimum atomic E-state index is -0.348.